The highest BCUT2D eigenvalue weighted by Gasteiger charge is 2.27. The van der Waals surface area contributed by atoms with E-state index < -0.39 is 0 Å². The summed E-state index contributed by atoms with van der Waals surface area (Å²) in [6, 6.07) is 0. The Morgan fingerprint density at radius 2 is 2.35 bits per heavy atom. The summed E-state index contributed by atoms with van der Waals surface area (Å²) in [5, 5.41) is 2.60. The number of ether oxygens (including phenoxy) is 1. The maximum atomic E-state index is 11.5. The summed E-state index contributed by atoms with van der Waals surface area (Å²) in [7, 11) is 1.39. The molecule has 0 bridgehead atoms. The maximum Gasteiger partial charge on any atom is 0.309 e. The molecule has 1 fully saturated rings. The van der Waals surface area contributed by atoms with Gasteiger partial charge in [0.15, 0.2) is 0 Å². The minimum Gasteiger partial charge on any atom is -0.469 e. The molecular formula is C12H18N2O3. The Hall–Kier alpha value is -1.54. The van der Waals surface area contributed by atoms with Gasteiger partial charge in [0, 0.05) is 6.54 Å². The van der Waals surface area contributed by atoms with Crippen LogP contribution < -0.4 is 5.32 Å². The summed E-state index contributed by atoms with van der Waals surface area (Å²) in [5.41, 5.74) is 0. The summed E-state index contributed by atoms with van der Waals surface area (Å²) in [6.07, 6.45) is 6.78. The topological polar surface area (TPSA) is 58.6 Å². The summed E-state index contributed by atoms with van der Waals surface area (Å²) < 4.78 is 4.72. The van der Waals surface area contributed by atoms with Gasteiger partial charge in [-0.1, -0.05) is 5.92 Å². The lowest BCUT2D eigenvalue weighted by Gasteiger charge is -2.30. The molecule has 5 heteroatoms. The van der Waals surface area contributed by atoms with E-state index in [0.29, 0.717) is 6.54 Å². The second-order valence-electron chi connectivity index (χ2n) is 4.08. The van der Waals surface area contributed by atoms with Crippen LogP contribution in [0.5, 0.6) is 0 Å². The molecule has 1 aliphatic heterocycles. The number of terminal acetylenes is 1. The molecule has 17 heavy (non-hydrogen) atoms. The molecule has 1 amide bonds. The Morgan fingerprint density at radius 1 is 1.59 bits per heavy atom. The first-order chi connectivity index (χ1) is 8.17. The zero-order valence-corrected chi connectivity index (χ0v) is 10.1. The second kappa shape index (κ2) is 6.92. The van der Waals surface area contributed by atoms with Gasteiger partial charge in [0.05, 0.1) is 26.1 Å². The molecule has 0 saturated carbocycles. The number of esters is 1. The molecule has 0 aromatic carbocycles. The second-order valence-corrected chi connectivity index (χ2v) is 4.08. The number of nitrogens with zero attached hydrogens (tertiary/aromatic N) is 1. The zero-order valence-electron chi connectivity index (χ0n) is 10.1. The monoisotopic (exact) mass is 238 g/mol. The fourth-order valence-corrected chi connectivity index (χ4v) is 1.97. The Labute approximate surface area is 101 Å². The quantitative estimate of drug-likeness (QED) is 0.536. The van der Waals surface area contributed by atoms with Gasteiger partial charge in [-0.05, 0) is 19.4 Å². The van der Waals surface area contributed by atoms with Crippen LogP contribution in [-0.2, 0) is 14.3 Å². The molecule has 0 aliphatic carbocycles. The van der Waals surface area contributed by atoms with E-state index in [1.165, 1.54) is 7.11 Å². The predicted molar refractivity (Wildman–Crippen MR) is 63.0 cm³/mol. The highest BCUT2D eigenvalue weighted by Crippen LogP contribution is 2.17. The van der Waals surface area contributed by atoms with Gasteiger partial charge in [-0.3, -0.25) is 14.5 Å². The molecule has 0 aromatic heterocycles. The van der Waals surface area contributed by atoms with Crippen LogP contribution in [0.25, 0.3) is 0 Å². The van der Waals surface area contributed by atoms with E-state index in [9.17, 15) is 9.59 Å². The SMILES string of the molecule is C#CCNC(=O)CN1CCC[C@H](C(=O)OC)C1. The number of likely N-dealkylation sites (tertiary alicyclic amines) is 1. The third kappa shape index (κ3) is 4.45. The number of piperidine rings is 1. The van der Waals surface area contributed by atoms with Crippen molar-refractivity contribution >= 4 is 11.9 Å². The fraction of sp³-hybridized carbons (Fsp3) is 0.667. The lowest BCUT2D eigenvalue weighted by molar-refractivity contribution is -0.147. The number of methoxy groups -OCH3 is 1. The van der Waals surface area contributed by atoms with Crippen molar-refractivity contribution in [1.82, 2.24) is 10.2 Å². The van der Waals surface area contributed by atoms with Gasteiger partial charge in [0.25, 0.3) is 0 Å². The van der Waals surface area contributed by atoms with Gasteiger partial charge in [0.1, 0.15) is 0 Å². The molecule has 0 radical (unpaired) electrons. The fourth-order valence-electron chi connectivity index (χ4n) is 1.97. The van der Waals surface area contributed by atoms with Crippen LogP contribution >= 0.6 is 0 Å². The van der Waals surface area contributed by atoms with Crippen LogP contribution in [0, 0.1) is 18.3 Å². The Morgan fingerprint density at radius 3 is 3.00 bits per heavy atom. The van der Waals surface area contributed by atoms with Crippen molar-refractivity contribution in [3.63, 3.8) is 0 Å². The zero-order chi connectivity index (χ0) is 12.7. The average Bonchev–Trinajstić information content (AvgIpc) is 2.35. The summed E-state index contributed by atoms with van der Waals surface area (Å²) in [6.45, 7) is 1.94. The molecule has 0 unspecified atom stereocenters. The number of carbonyl (C=O) groups excluding carboxylic acids is 2. The third-order valence-corrected chi connectivity index (χ3v) is 2.79. The predicted octanol–water partition coefficient (Wildman–Crippen LogP) is -0.379. The number of amides is 1. The van der Waals surface area contributed by atoms with E-state index in [1.54, 1.807) is 0 Å². The third-order valence-electron chi connectivity index (χ3n) is 2.79. The maximum absolute atomic E-state index is 11.5. The minimum atomic E-state index is -0.196. The Bertz CT molecular complexity index is 322. The lowest BCUT2D eigenvalue weighted by Crippen LogP contribution is -2.44. The van der Waals surface area contributed by atoms with Crippen molar-refractivity contribution in [2.24, 2.45) is 5.92 Å². The first-order valence-electron chi connectivity index (χ1n) is 5.67. The average molecular weight is 238 g/mol. The molecule has 5 nitrogen and oxygen atoms in total. The van der Waals surface area contributed by atoms with Crippen LogP contribution in [0.2, 0.25) is 0 Å². The normalized spacial score (nSPS) is 20.4. The number of carbonyl (C=O) groups is 2. The van der Waals surface area contributed by atoms with Crippen LogP contribution in [0.4, 0.5) is 0 Å². The van der Waals surface area contributed by atoms with Gasteiger partial charge < -0.3 is 10.1 Å². The van der Waals surface area contributed by atoms with Gasteiger partial charge in [-0.25, -0.2) is 0 Å². The van der Waals surface area contributed by atoms with E-state index in [2.05, 4.69) is 11.2 Å². The van der Waals surface area contributed by atoms with E-state index in [-0.39, 0.29) is 30.9 Å². The van der Waals surface area contributed by atoms with Gasteiger partial charge in [-0.2, -0.15) is 0 Å². The van der Waals surface area contributed by atoms with Gasteiger partial charge in [-0.15, -0.1) is 6.42 Å². The largest absolute Gasteiger partial charge is 0.469 e. The number of rotatable bonds is 4. The van der Waals surface area contributed by atoms with Crippen LogP contribution in [-0.4, -0.2) is 50.1 Å². The van der Waals surface area contributed by atoms with Crippen LogP contribution in [0.15, 0.2) is 0 Å². The Kier molecular flexibility index (Phi) is 5.50. The van der Waals surface area contributed by atoms with Crippen molar-refractivity contribution in [3.05, 3.63) is 0 Å². The molecule has 1 rings (SSSR count). The minimum absolute atomic E-state index is 0.103. The smallest absolute Gasteiger partial charge is 0.309 e. The van der Waals surface area contributed by atoms with E-state index >= 15 is 0 Å². The standard InChI is InChI=1S/C12H18N2O3/c1-3-6-13-11(15)9-14-7-4-5-10(8-14)12(16)17-2/h1,10H,4-9H2,2H3,(H,13,15)/t10-/m0/s1. The summed E-state index contributed by atoms with van der Waals surface area (Å²) >= 11 is 0. The molecule has 1 atom stereocenters. The first-order valence-corrected chi connectivity index (χ1v) is 5.67. The van der Waals surface area contributed by atoms with E-state index in [4.69, 9.17) is 11.2 Å². The van der Waals surface area contributed by atoms with Crippen LogP contribution in [0.3, 0.4) is 0 Å². The van der Waals surface area contributed by atoms with E-state index in [1.807, 2.05) is 4.90 Å². The molecule has 1 saturated heterocycles. The lowest BCUT2D eigenvalue weighted by atomic mass is 9.98. The van der Waals surface area contributed by atoms with Crippen molar-refractivity contribution < 1.29 is 14.3 Å². The number of hydrogen-bond acceptors (Lipinski definition) is 4. The van der Waals surface area contributed by atoms with Gasteiger partial charge >= 0.3 is 5.97 Å². The molecular weight excluding hydrogens is 220 g/mol. The summed E-state index contributed by atoms with van der Waals surface area (Å²) in [5.74, 6) is 1.93. The first kappa shape index (κ1) is 13.5. The molecule has 1 heterocycles. The highest BCUT2D eigenvalue weighted by atomic mass is 16.5. The Balaban J connectivity index is 2.37. The molecule has 1 aliphatic rings. The van der Waals surface area contributed by atoms with Crippen molar-refractivity contribution in [2.45, 2.75) is 12.8 Å². The van der Waals surface area contributed by atoms with Crippen molar-refractivity contribution in [2.75, 3.05) is 33.3 Å². The molecule has 94 valence electrons. The van der Waals surface area contributed by atoms with Crippen molar-refractivity contribution in [3.8, 4) is 12.3 Å². The highest BCUT2D eigenvalue weighted by molar-refractivity contribution is 5.78. The number of nitrogens with one attached hydrogen (secondary N) is 1. The summed E-state index contributed by atoms with van der Waals surface area (Å²) in [4.78, 5) is 24.8. The molecule has 0 spiro atoms. The van der Waals surface area contributed by atoms with E-state index in [0.717, 1.165) is 19.4 Å². The molecule has 0 aromatic rings. The molecule has 1 N–H and O–H groups in total. The number of hydrogen-bond donors (Lipinski definition) is 1. The van der Waals surface area contributed by atoms with Gasteiger partial charge in [0.2, 0.25) is 5.91 Å². The van der Waals surface area contributed by atoms with Crippen LogP contribution in [0.1, 0.15) is 12.8 Å². The van der Waals surface area contributed by atoms with Crippen molar-refractivity contribution in [1.29, 1.82) is 0 Å².